The number of rotatable bonds is 6. The summed E-state index contributed by atoms with van der Waals surface area (Å²) in [4.78, 5) is 47.5. The Morgan fingerprint density at radius 1 is 1.08 bits per heavy atom. The Morgan fingerprint density at radius 3 is 2.16 bits per heavy atom. The number of urea groups is 1. The van der Waals surface area contributed by atoms with E-state index in [-0.39, 0.29) is 5.91 Å². The Morgan fingerprint density at radius 2 is 1.68 bits per heavy atom. The molecule has 1 fully saturated rings. The standard InChI is InChI=1S/C16H21N5O4/c1-9(19-16(25)20-13(14(17)23)15(18)24)10-4-6-11(7-5-10)21-8-2-3-12(21)22/h4-7,9,13H,2-3,8H2,1H3,(H2,17,23)(H2,18,24)(H2,19,20,25)/t9-/m1/s1. The summed E-state index contributed by atoms with van der Waals surface area (Å²) in [6.45, 7) is 2.44. The monoisotopic (exact) mass is 347 g/mol. The predicted molar refractivity (Wildman–Crippen MR) is 90.3 cm³/mol. The number of benzene rings is 1. The fourth-order valence-corrected chi connectivity index (χ4v) is 2.60. The Labute approximate surface area is 144 Å². The second-order valence-corrected chi connectivity index (χ2v) is 5.82. The van der Waals surface area contributed by atoms with Crippen molar-refractivity contribution in [2.45, 2.75) is 31.8 Å². The van der Waals surface area contributed by atoms with E-state index in [1.165, 1.54) is 0 Å². The summed E-state index contributed by atoms with van der Waals surface area (Å²) in [5.74, 6) is -1.97. The van der Waals surface area contributed by atoms with Gasteiger partial charge in [-0.3, -0.25) is 14.4 Å². The van der Waals surface area contributed by atoms with Crippen LogP contribution in [-0.2, 0) is 14.4 Å². The molecular weight excluding hydrogens is 326 g/mol. The lowest BCUT2D eigenvalue weighted by Crippen LogP contribution is -2.55. The smallest absolute Gasteiger partial charge is 0.316 e. The Kier molecular flexibility index (Phi) is 5.58. The third-order valence-corrected chi connectivity index (χ3v) is 3.97. The van der Waals surface area contributed by atoms with Crippen molar-refractivity contribution in [3.05, 3.63) is 29.8 Å². The quantitative estimate of drug-likeness (QED) is 0.514. The normalized spacial score (nSPS) is 15.1. The van der Waals surface area contributed by atoms with Gasteiger partial charge in [-0.2, -0.15) is 0 Å². The molecule has 0 aromatic heterocycles. The molecule has 2 rings (SSSR count). The van der Waals surface area contributed by atoms with Crippen LogP contribution in [0, 0.1) is 0 Å². The van der Waals surface area contributed by atoms with Gasteiger partial charge in [0.2, 0.25) is 17.7 Å². The summed E-state index contributed by atoms with van der Waals surface area (Å²) in [5.41, 5.74) is 11.6. The molecular formula is C16H21N5O4. The van der Waals surface area contributed by atoms with E-state index in [4.69, 9.17) is 11.5 Å². The van der Waals surface area contributed by atoms with Crippen molar-refractivity contribution in [1.29, 1.82) is 0 Å². The first kappa shape index (κ1) is 18.2. The fraction of sp³-hybridized carbons (Fsp3) is 0.375. The van der Waals surface area contributed by atoms with Crippen LogP contribution in [0.5, 0.6) is 0 Å². The number of primary amides is 2. The molecule has 1 aromatic rings. The second kappa shape index (κ2) is 7.65. The second-order valence-electron chi connectivity index (χ2n) is 5.82. The van der Waals surface area contributed by atoms with E-state index in [9.17, 15) is 19.2 Å². The van der Waals surface area contributed by atoms with E-state index < -0.39 is 29.9 Å². The van der Waals surface area contributed by atoms with Crippen molar-refractivity contribution in [2.75, 3.05) is 11.4 Å². The highest BCUT2D eigenvalue weighted by Gasteiger charge is 2.25. The van der Waals surface area contributed by atoms with Crippen LogP contribution >= 0.6 is 0 Å². The number of hydrogen-bond acceptors (Lipinski definition) is 4. The van der Waals surface area contributed by atoms with Crippen molar-refractivity contribution >= 4 is 29.4 Å². The molecule has 0 unspecified atom stereocenters. The highest BCUT2D eigenvalue weighted by atomic mass is 16.2. The van der Waals surface area contributed by atoms with Crippen LogP contribution in [0.2, 0.25) is 0 Å². The lowest BCUT2D eigenvalue weighted by atomic mass is 10.1. The molecule has 1 aliphatic rings. The van der Waals surface area contributed by atoms with E-state index >= 15 is 0 Å². The molecule has 0 radical (unpaired) electrons. The maximum absolute atomic E-state index is 11.9. The predicted octanol–water partition coefficient (Wildman–Crippen LogP) is -0.487. The Bertz CT molecular complexity index is 674. The summed E-state index contributed by atoms with van der Waals surface area (Å²) in [6.07, 6.45) is 1.40. The molecule has 0 saturated carbocycles. The summed E-state index contributed by atoms with van der Waals surface area (Å²) in [5, 5.41) is 4.71. The number of anilines is 1. The number of nitrogens with zero attached hydrogens (tertiary/aromatic N) is 1. The Balaban J connectivity index is 1.97. The van der Waals surface area contributed by atoms with E-state index in [1.807, 2.05) is 12.1 Å². The van der Waals surface area contributed by atoms with E-state index in [1.54, 1.807) is 24.0 Å². The number of nitrogens with one attached hydrogen (secondary N) is 2. The third kappa shape index (κ3) is 4.46. The molecule has 1 atom stereocenters. The lowest BCUT2D eigenvalue weighted by Gasteiger charge is -2.19. The maximum Gasteiger partial charge on any atom is 0.316 e. The summed E-state index contributed by atoms with van der Waals surface area (Å²) >= 11 is 0. The molecule has 9 nitrogen and oxygen atoms in total. The topological polar surface area (TPSA) is 148 Å². The number of amides is 5. The van der Waals surface area contributed by atoms with Gasteiger partial charge in [0.05, 0.1) is 6.04 Å². The molecule has 0 spiro atoms. The maximum atomic E-state index is 11.9. The van der Waals surface area contributed by atoms with Crippen LogP contribution in [-0.4, -0.2) is 36.3 Å². The third-order valence-electron chi connectivity index (χ3n) is 3.97. The average Bonchev–Trinajstić information content (AvgIpc) is 2.98. The molecule has 1 heterocycles. The van der Waals surface area contributed by atoms with Gasteiger partial charge in [0.15, 0.2) is 6.04 Å². The van der Waals surface area contributed by atoms with Crippen molar-refractivity contribution in [3.8, 4) is 0 Å². The minimum atomic E-state index is -1.57. The van der Waals surface area contributed by atoms with Gasteiger partial charge >= 0.3 is 6.03 Å². The number of carbonyl (C=O) groups excluding carboxylic acids is 4. The molecule has 5 amide bonds. The summed E-state index contributed by atoms with van der Waals surface area (Å²) in [6, 6.07) is 4.50. The molecule has 25 heavy (non-hydrogen) atoms. The van der Waals surface area contributed by atoms with E-state index in [0.717, 1.165) is 17.7 Å². The summed E-state index contributed by atoms with van der Waals surface area (Å²) < 4.78 is 0. The minimum absolute atomic E-state index is 0.0993. The molecule has 1 saturated heterocycles. The van der Waals surface area contributed by atoms with Gasteiger partial charge < -0.3 is 27.0 Å². The van der Waals surface area contributed by atoms with Gasteiger partial charge in [0.25, 0.3) is 0 Å². The van der Waals surface area contributed by atoms with Gasteiger partial charge in [0.1, 0.15) is 0 Å². The Hall–Kier alpha value is -3.10. The molecule has 1 aliphatic heterocycles. The highest BCUT2D eigenvalue weighted by Crippen LogP contribution is 2.23. The van der Waals surface area contributed by atoms with Crippen LogP contribution in [0.1, 0.15) is 31.4 Å². The zero-order valence-corrected chi connectivity index (χ0v) is 13.8. The zero-order chi connectivity index (χ0) is 18.6. The van der Waals surface area contributed by atoms with Crippen LogP contribution in [0.4, 0.5) is 10.5 Å². The first-order valence-corrected chi connectivity index (χ1v) is 7.85. The molecule has 1 aromatic carbocycles. The van der Waals surface area contributed by atoms with Crippen molar-refractivity contribution in [3.63, 3.8) is 0 Å². The molecule has 0 aliphatic carbocycles. The van der Waals surface area contributed by atoms with Crippen LogP contribution in [0.15, 0.2) is 24.3 Å². The summed E-state index contributed by atoms with van der Waals surface area (Å²) in [7, 11) is 0. The average molecular weight is 347 g/mol. The fourth-order valence-electron chi connectivity index (χ4n) is 2.60. The molecule has 9 heteroatoms. The highest BCUT2D eigenvalue weighted by molar-refractivity contribution is 6.05. The van der Waals surface area contributed by atoms with E-state index in [2.05, 4.69) is 10.6 Å². The van der Waals surface area contributed by atoms with Crippen LogP contribution in [0.25, 0.3) is 0 Å². The van der Waals surface area contributed by atoms with Crippen molar-refractivity contribution in [1.82, 2.24) is 10.6 Å². The minimum Gasteiger partial charge on any atom is -0.367 e. The van der Waals surface area contributed by atoms with Gasteiger partial charge in [-0.1, -0.05) is 12.1 Å². The van der Waals surface area contributed by atoms with Gasteiger partial charge in [-0.25, -0.2) is 4.79 Å². The first-order chi connectivity index (χ1) is 11.8. The molecule has 6 N–H and O–H groups in total. The molecule has 0 bridgehead atoms. The van der Waals surface area contributed by atoms with Gasteiger partial charge in [-0.05, 0) is 31.0 Å². The SMILES string of the molecule is C[C@@H](NC(=O)NC(C(N)=O)C(N)=O)c1ccc(N2CCCC2=O)cc1. The van der Waals surface area contributed by atoms with Crippen LogP contribution in [0.3, 0.4) is 0 Å². The van der Waals surface area contributed by atoms with Crippen molar-refractivity contribution in [2.24, 2.45) is 11.5 Å². The zero-order valence-electron chi connectivity index (χ0n) is 13.8. The number of nitrogens with two attached hydrogens (primary N) is 2. The molecule has 134 valence electrons. The van der Waals surface area contributed by atoms with E-state index in [0.29, 0.717) is 13.0 Å². The first-order valence-electron chi connectivity index (χ1n) is 7.85. The van der Waals surface area contributed by atoms with Crippen molar-refractivity contribution < 1.29 is 19.2 Å². The van der Waals surface area contributed by atoms with Crippen LogP contribution < -0.4 is 27.0 Å². The van der Waals surface area contributed by atoms with Gasteiger partial charge in [-0.15, -0.1) is 0 Å². The van der Waals surface area contributed by atoms with Gasteiger partial charge in [0, 0.05) is 18.7 Å². The lowest BCUT2D eigenvalue weighted by molar-refractivity contribution is -0.128. The number of carbonyl (C=O) groups is 4. The number of hydrogen-bond donors (Lipinski definition) is 4. The largest absolute Gasteiger partial charge is 0.367 e.